The molecule has 0 saturated carbocycles. The number of methoxy groups -OCH3 is 1. The smallest absolute Gasteiger partial charge is 0.397 e. The van der Waals surface area contributed by atoms with Crippen LogP contribution in [0.1, 0.15) is 6.92 Å². The van der Waals surface area contributed by atoms with Crippen LogP contribution in [0.4, 0.5) is 0 Å². The summed E-state index contributed by atoms with van der Waals surface area (Å²) in [5, 5.41) is 3.15. The van der Waals surface area contributed by atoms with Crippen molar-refractivity contribution in [2.75, 3.05) is 7.11 Å². The third kappa shape index (κ3) is 5.97. The van der Waals surface area contributed by atoms with E-state index in [-0.39, 0.29) is 5.90 Å². The Hall–Kier alpha value is -0.160. The number of hydrogen-bond acceptors (Lipinski definition) is 4. The van der Waals surface area contributed by atoms with Crippen molar-refractivity contribution in [3.8, 4) is 0 Å². The Balaban J connectivity index is 3.85. The van der Waals surface area contributed by atoms with Crippen molar-refractivity contribution in [2.24, 2.45) is 5.16 Å². The maximum Gasteiger partial charge on any atom is 0.397 e. The van der Waals surface area contributed by atoms with E-state index in [0.29, 0.717) is 0 Å². The van der Waals surface area contributed by atoms with E-state index < -0.39 is 6.72 Å². The van der Waals surface area contributed by atoms with Gasteiger partial charge in [-0.2, -0.15) is 0 Å². The molecule has 0 aromatic carbocycles. The third-order valence-corrected chi connectivity index (χ3v) is 1.07. The molecule has 0 radical (unpaired) electrons. The number of oxime groups is 1. The molecule has 0 atom stereocenters. The molecule has 0 bridgehead atoms. The van der Waals surface area contributed by atoms with Crippen molar-refractivity contribution >= 4 is 24.4 Å². The van der Waals surface area contributed by atoms with Crippen LogP contribution in [0, 0.1) is 0 Å². The van der Waals surface area contributed by atoms with Crippen LogP contribution in [-0.2, 0) is 21.2 Å². The standard InChI is InChI=1S/C3H8NO4PS/c1-3(7-2)4-8-9(5,6)10/h1-2H3,(H2,5,6,10)/b4-3+. The van der Waals surface area contributed by atoms with Crippen LogP contribution in [0.25, 0.3) is 0 Å². The lowest BCUT2D eigenvalue weighted by molar-refractivity contribution is 0.249. The second-order valence-corrected chi connectivity index (χ2v) is 3.96. The summed E-state index contributed by atoms with van der Waals surface area (Å²) in [7, 11) is 1.38. The van der Waals surface area contributed by atoms with Crippen molar-refractivity contribution in [2.45, 2.75) is 6.92 Å². The lowest BCUT2D eigenvalue weighted by Crippen LogP contribution is -1.94. The van der Waals surface area contributed by atoms with Crippen molar-refractivity contribution in [3.05, 3.63) is 0 Å². The van der Waals surface area contributed by atoms with Crippen LogP contribution in [0.15, 0.2) is 5.16 Å². The summed E-state index contributed by atoms with van der Waals surface area (Å²) in [5.74, 6) is 0.178. The Morgan fingerprint density at radius 2 is 2.10 bits per heavy atom. The molecule has 0 spiro atoms. The largest absolute Gasteiger partial charge is 0.482 e. The molecule has 0 rings (SSSR count). The lowest BCUT2D eigenvalue weighted by Gasteiger charge is -2.03. The van der Waals surface area contributed by atoms with Gasteiger partial charge >= 0.3 is 6.72 Å². The quantitative estimate of drug-likeness (QED) is 0.278. The topological polar surface area (TPSA) is 71.3 Å². The third-order valence-electron chi connectivity index (χ3n) is 0.571. The Morgan fingerprint density at radius 3 is 2.40 bits per heavy atom. The van der Waals surface area contributed by atoms with E-state index in [1.165, 1.54) is 14.0 Å². The maximum absolute atomic E-state index is 8.46. The molecule has 0 aliphatic carbocycles. The number of rotatable bonds is 2. The average Bonchev–Trinajstić information content (AvgIpc) is 1.81. The first-order chi connectivity index (χ1) is 4.45. The van der Waals surface area contributed by atoms with Crippen molar-refractivity contribution in [3.63, 3.8) is 0 Å². The summed E-state index contributed by atoms with van der Waals surface area (Å²) in [5.41, 5.74) is 0. The van der Waals surface area contributed by atoms with Gasteiger partial charge in [-0.3, -0.25) is 0 Å². The minimum Gasteiger partial charge on any atom is -0.482 e. The second-order valence-electron chi connectivity index (χ2n) is 1.39. The van der Waals surface area contributed by atoms with Gasteiger partial charge in [0, 0.05) is 18.7 Å². The highest BCUT2D eigenvalue weighted by Gasteiger charge is 2.07. The van der Waals surface area contributed by atoms with Gasteiger partial charge in [-0.25, -0.2) is 0 Å². The molecule has 0 fully saturated rings. The van der Waals surface area contributed by atoms with Crippen LogP contribution < -0.4 is 0 Å². The fourth-order valence-corrected chi connectivity index (χ4v) is 0.469. The summed E-state index contributed by atoms with van der Waals surface area (Å²) in [6.07, 6.45) is 0. The van der Waals surface area contributed by atoms with Gasteiger partial charge in [0.05, 0.1) is 7.11 Å². The van der Waals surface area contributed by atoms with Gasteiger partial charge in [-0.1, -0.05) is 0 Å². The van der Waals surface area contributed by atoms with Gasteiger partial charge < -0.3 is 19.1 Å². The van der Waals surface area contributed by atoms with Gasteiger partial charge in [-0.05, 0) is 5.16 Å². The molecule has 10 heavy (non-hydrogen) atoms. The molecular formula is C3H8NO4PS. The number of hydrogen-bond donors (Lipinski definition) is 2. The van der Waals surface area contributed by atoms with Gasteiger partial charge in [0.15, 0.2) is 0 Å². The fraction of sp³-hybridized carbons (Fsp3) is 0.667. The van der Waals surface area contributed by atoms with Gasteiger partial charge in [0.25, 0.3) is 0 Å². The van der Waals surface area contributed by atoms with E-state index in [4.69, 9.17) is 9.79 Å². The first-order valence-electron chi connectivity index (χ1n) is 2.28. The SMILES string of the molecule is CO/C(C)=N/OP(O)(O)=S. The van der Waals surface area contributed by atoms with Crippen molar-refractivity contribution in [1.82, 2.24) is 0 Å². The maximum atomic E-state index is 8.46. The molecule has 5 nitrogen and oxygen atoms in total. The molecule has 60 valence electrons. The molecule has 0 saturated heterocycles. The van der Waals surface area contributed by atoms with E-state index in [0.717, 1.165) is 0 Å². The highest BCUT2D eigenvalue weighted by atomic mass is 32.5. The fourth-order valence-electron chi connectivity index (χ4n) is 0.148. The molecule has 7 heteroatoms. The van der Waals surface area contributed by atoms with Crippen molar-refractivity contribution < 1.29 is 19.1 Å². The zero-order chi connectivity index (χ0) is 8.20. The Morgan fingerprint density at radius 1 is 1.60 bits per heavy atom. The van der Waals surface area contributed by atoms with Crippen LogP contribution in [-0.4, -0.2) is 22.8 Å². The number of nitrogens with zero attached hydrogens (tertiary/aromatic N) is 1. The Labute approximate surface area is 63.5 Å². The van der Waals surface area contributed by atoms with Crippen LogP contribution in [0.2, 0.25) is 0 Å². The molecule has 0 aromatic rings. The van der Waals surface area contributed by atoms with E-state index in [1.807, 2.05) is 0 Å². The minimum atomic E-state index is -3.67. The van der Waals surface area contributed by atoms with E-state index in [2.05, 4.69) is 26.3 Å². The second kappa shape index (κ2) is 3.88. The molecule has 0 aliphatic rings. The molecular weight excluding hydrogens is 177 g/mol. The van der Waals surface area contributed by atoms with E-state index >= 15 is 0 Å². The first kappa shape index (κ1) is 9.84. The van der Waals surface area contributed by atoms with Gasteiger partial charge in [-0.15, -0.1) is 0 Å². The lowest BCUT2D eigenvalue weighted by atomic mass is 10.8. The average molecular weight is 185 g/mol. The van der Waals surface area contributed by atoms with E-state index in [1.54, 1.807) is 0 Å². The molecule has 0 unspecified atom stereocenters. The molecule has 0 aliphatic heterocycles. The Kier molecular flexibility index (Phi) is 3.81. The minimum absolute atomic E-state index is 0.178. The normalized spacial score (nSPS) is 13.0. The highest BCUT2D eigenvalue weighted by molar-refractivity contribution is 8.06. The van der Waals surface area contributed by atoms with Crippen LogP contribution in [0.5, 0.6) is 0 Å². The summed E-state index contributed by atoms with van der Waals surface area (Å²) in [4.78, 5) is 16.9. The summed E-state index contributed by atoms with van der Waals surface area (Å²) < 4.78 is 8.60. The van der Waals surface area contributed by atoms with Crippen LogP contribution in [0.3, 0.4) is 0 Å². The Bertz CT molecular complexity index is 175. The molecule has 0 aromatic heterocycles. The summed E-state index contributed by atoms with van der Waals surface area (Å²) >= 11 is 4.09. The summed E-state index contributed by atoms with van der Waals surface area (Å²) in [6.45, 7) is -2.18. The highest BCUT2D eigenvalue weighted by Crippen LogP contribution is 2.36. The van der Waals surface area contributed by atoms with Crippen molar-refractivity contribution in [1.29, 1.82) is 0 Å². The zero-order valence-electron chi connectivity index (χ0n) is 5.51. The predicted octanol–water partition coefficient (Wildman–Crippen LogP) is 0.192. The molecule has 0 heterocycles. The van der Waals surface area contributed by atoms with E-state index in [9.17, 15) is 0 Å². The molecule has 0 amide bonds. The summed E-state index contributed by atoms with van der Waals surface area (Å²) in [6, 6.07) is 0. The number of ether oxygens (including phenoxy) is 1. The first-order valence-corrected chi connectivity index (χ1v) is 4.91. The monoisotopic (exact) mass is 185 g/mol. The predicted molar refractivity (Wildman–Crippen MR) is 39.9 cm³/mol. The zero-order valence-corrected chi connectivity index (χ0v) is 7.22. The van der Waals surface area contributed by atoms with Gasteiger partial charge in [0.2, 0.25) is 5.90 Å². The van der Waals surface area contributed by atoms with Crippen LogP contribution >= 0.6 is 6.72 Å². The molecule has 2 N–H and O–H groups in total. The van der Waals surface area contributed by atoms with Gasteiger partial charge in [0.1, 0.15) is 0 Å².